The highest BCUT2D eigenvalue weighted by Crippen LogP contribution is 2.26. The van der Waals surface area contributed by atoms with Gasteiger partial charge in [0.2, 0.25) is 0 Å². The molecule has 20 heavy (non-hydrogen) atoms. The number of aromatic amines is 1. The van der Waals surface area contributed by atoms with Crippen LogP contribution in [0.2, 0.25) is 5.02 Å². The van der Waals surface area contributed by atoms with Gasteiger partial charge in [-0.05, 0) is 18.9 Å². The molecule has 108 valence electrons. The molecule has 0 saturated heterocycles. The highest BCUT2D eigenvalue weighted by atomic mass is 35.5. The molecule has 4 heteroatoms. The number of aromatic nitrogens is 1. The Hall–Kier alpha value is -1.03. The van der Waals surface area contributed by atoms with Crippen LogP contribution in [0.4, 0.5) is 0 Å². The van der Waals surface area contributed by atoms with Crippen LogP contribution >= 0.6 is 11.6 Å². The van der Waals surface area contributed by atoms with E-state index in [9.17, 15) is 0 Å². The molecular formula is C16H21ClN2O. The average Bonchev–Trinajstić information content (AvgIpc) is 3.08. The quantitative estimate of drug-likeness (QED) is 0.793. The number of halogens is 1. The van der Waals surface area contributed by atoms with Gasteiger partial charge in [0.05, 0.1) is 17.7 Å². The summed E-state index contributed by atoms with van der Waals surface area (Å²) in [5.41, 5.74) is 2.14. The van der Waals surface area contributed by atoms with Crippen LogP contribution in [0.1, 0.15) is 31.4 Å². The summed E-state index contributed by atoms with van der Waals surface area (Å²) in [7, 11) is 0. The highest BCUT2D eigenvalue weighted by Gasteiger charge is 2.14. The summed E-state index contributed by atoms with van der Waals surface area (Å²) in [6.45, 7) is 2.40. The second-order valence-electron chi connectivity index (χ2n) is 5.42. The Labute approximate surface area is 124 Å². The molecule has 1 heterocycles. The van der Waals surface area contributed by atoms with Crippen molar-refractivity contribution in [2.75, 3.05) is 13.2 Å². The molecule has 3 rings (SSSR count). The first-order valence-electron chi connectivity index (χ1n) is 7.42. The average molecular weight is 293 g/mol. The van der Waals surface area contributed by atoms with Crippen LogP contribution < -0.4 is 5.32 Å². The molecule has 0 amide bonds. The maximum atomic E-state index is 6.37. The summed E-state index contributed by atoms with van der Waals surface area (Å²) in [4.78, 5) is 3.36. The molecule has 0 aliphatic heterocycles. The van der Waals surface area contributed by atoms with E-state index < -0.39 is 0 Å². The van der Waals surface area contributed by atoms with E-state index in [1.54, 1.807) is 0 Å². The van der Waals surface area contributed by atoms with Crippen molar-refractivity contribution in [1.29, 1.82) is 0 Å². The Kier molecular flexibility index (Phi) is 4.61. The lowest BCUT2D eigenvalue weighted by Gasteiger charge is -2.11. The van der Waals surface area contributed by atoms with Gasteiger partial charge in [0.25, 0.3) is 0 Å². The fourth-order valence-corrected chi connectivity index (χ4v) is 3.13. The van der Waals surface area contributed by atoms with Gasteiger partial charge in [-0.3, -0.25) is 0 Å². The first kappa shape index (κ1) is 13.9. The van der Waals surface area contributed by atoms with Crippen LogP contribution in [0, 0.1) is 0 Å². The molecule has 0 spiro atoms. The lowest BCUT2D eigenvalue weighted by atomic mass is 10.2. The first-order valence-corrected chi connectivity index (χ1v) is 7.80. The zero-order chi connectivity index (χ0) is 13.8. The number of para-hydroxylation sites is 1. The van der Waals surface area contributed by atoms with Crippen LogP contribution in [0.3, 0.4) is 0 Å². The van der Waals surface area contributed by atoms with Gasteiger partial charge in [-0.15, -0.1) is 0 Å². The molecule has 1 fully saturated rings. The van der Waals surface area contributed by atoms with E-state index in [-0.39, 0.29) is 0 Å². The molecule has 1 aromatic heterocycles. The second kappa shape index (κ2) is 6.61. The number of hydrogen-bond acceptors (Lipinski definition) is 2. The van der Waals surface area contributed by atoms with Crippen LogP contribution in [0.5, 0.6) is 0 Å². The number of benzene rings is 1. The predicted molar refractivity (Wildman–Crippen MR) is 83.2 cm³/mol. The van der Waals surface area contributed by atoms with Gasteiger partial charge in [-0.1, -0.05) is 42.6 Å². The van der Waals surface area contributed by atoms with Crippen molar-refractivity contribution < 1.29 is 4.74 Å². The van der Waals surface area contributed by atoms with Gasteiger partial charge in [0, 0.05) is 29.7 Å². The normalized spacial score (nSPS) is 16.2. The van der Waals surface area contributed by atoms with Crippen molar-refractivity contribution in [3.8, 4) is 0 Å². The van der Waals surface area contributed by atoms with Crippen LogP contribution in [0.25, 0.3) is 10.9 Å². The summed E-state index contributed by atoms with van der Waals surface area (Å²) in [6.07, 6.45) is 5.60. The Morgan fingerprint density at radius 3 is 2.85 bits per heavy atom. The molecule has 1 aromatic carbocycles. The van der Waals surface area contributed by atoms with E-state index in [1.165, 1.54) is 25.7 Å². The number of ether oxygens (including phenoxy) is 1. The van der Waals surface area contributed by atoms with Crippen molar-refractivity contribution in [2.45, 2.75) is 38.3 Å². The van der Waals surface area contributed by atoms with E-state index in [4.69, 9.17) is 16.3 Å². The maximum absolute atomic E-state index is 6.37. The zero-order valence-corrected chi connectivity index (χ0v) is 12.4. The number of fused-ring (bicyclic) bond motifs is 1. The fraction of sp³-hybridized carbons (Fsp3) is 0.500. The molecule has 2 aromatic rings. The Morgan fingerprint density at radius 2 is 2.05 bits per heavy atom. The van der Waals surface area contributed by atoms with Gasteiger partial charge in [0.15, 0.2) is 0 Å². The van der Waals surface area contributed by atoms with E-state index in [0.717, 1.165) is 41.3 Å². The molecule has 3 nitrogen and oxygen atoms in total. The third kappa shape index (κ3) is 3.17. The maximum Gasteiger partial charge on any atom is 0.0705 e. The Morgan fingerprint density at radius 1 is 1.25 bits per heavy atom. The number of H-pyrrole nitrogens is 1. The molecule has 0 atom stereocenters. The molecule has 0 radical (unpaired) electrons. The van der Waals surface area contributed by atoms with Crippen molar-refractivity contribution in [1.82, 2.24) is 10.3 Å². The van der Waals surface area contributed by atoms with Crippen LogP contribution in [-0.4, -0.2) is 24.2 Å². The SMILES string of the molecule is Clc1c(CNCCOC2CCCC2)[nH]c2ccccc12. The zero-order valence-electron chi connectivity index (χ0n) is 11.6. The van der Waals surface area contributed by atoms with E-state index in [0.29, 0.717) is 6.10 Å². The van der Waals surface area contributed by atoms with Crippen LogP contribution in [-0.2, 0) is 11.3 Å². The largest absolute Gasteiger partial charge is 0.377 e. The van der Waals surface area contributed by atoms with Crippen molar-refractivity contribution in [3.63, 3.8) is 0 Å². The molecule has 1 aliphatic rings. The third-order valence-electron chi connectivity index (χ3n) is 3.95. The second-order valence-corrected chi connectivity index (χ2v) is 5.80. The molecule has 0 unspecified atom stereocenters. The van der Waals surface area contributed by atoms with Crippen molar-refractivity contribution in [2.24, 2.45) is 0 Å². The van der Waals surface area contributed by atoms with Gasteiger partial charge in [0.1, 0.15) is 0 Å². The monoisotopic (exact) mass is 292 g/mol. The van der Waals surface area contributed by atoms with Crippen molar-refractivity contribution in [3.05, 3.63) is 35.0 Å². The van der Waals surface area contributed by atoms with E-state index in [2.05, 4.69) is 10.3 Å². The summed E-state index contributed by atoms with van der Waals surface area (Å²) >= 11 is 6.37. The van der Waals surface area contributed by atoms with Gasteiger partial charge >= 0.3 is 0 Å². The third-order valence-corrected chi connectivity index (χ3v) is 4.38. The minimum Gasteiger partial charge on any atom is -0.377 e. The van der Waals surface area contributed by atoms with E-state index in [1.807, 2.05) is 24.3 Å². The van der Waals surface area contributed by atoms with E-state index >= 15 is 0 Å². The topological polar surface area (TPSA) is 37.0 Å². The summed E-state index contributed by atoms with van der Waals surface area (Å²) in [5, 5.41) is 5.30. The Balaban J connectivity index is 1.46. The minimum absolute atomic E-state index is 0.494. The molecule has 1 saturated carbocycles. The van der Waals surface area contributed by atoms with Crippen molar-refractivity contribution >= 4 is 22.5 Å². The summed E-state index contributed by atoms with van der Waals surface area (Å²) in [6, 6.07) is 8.12. The predicted octanol–water partition coefficient (Wildman–Crippen LogP) is 3.87. The van der Waals surface area contributed by atoms with Gasteiger partial charge < -0.3 is 15.0 Å². The molecule has 1 aliphatic carbocycles. The molecule has 0 bridgehead atoms. The lowest BCUT2D eigenvalue weighted by Crippen LogP contribution is -2.22. The standard InChI is InChI=1S/C16H21ClN2O/c17-16-13-7-3-4-8-14(13)19-15(16)11-18-9-10-20-12-5-1-2-6-12/h3-4,7-8,12,18-19H,1-2,5-6,9-11H2. The highest BCUT2D eigenvalue weighted by molar-refractivity contribution is 6.36. The first-order chi connectivity index (χ1) is 9.84. The minimum atomic E-state index is 0.494. The number of nitrogens with one attached hydrogen (secondary N) is 2. The van der Waals surface area contributed by atoms with Crippen LogP contribution in [0.15, 0.2) is 24.3 Å². The van der Waals surface area contributed by atoms with Gasteiger partial charge in [-0.2, -0.15) is 0 Å². The Bertz CT molecular complexity index is 561. The number of hydrogen-bond donors (Lipinski definition) is 2. The molecular weight excluding hydrogens is 272 g/mol. The molecule has 2 N–H and O–H groups in total. The lowest BCUT2D eigenvalue weighted by molar-refractivity contribution is 0.0602. The number of rotatable bonds is 6. The summed E-state index contributed by atoms with van der Waals surface area (Å²) < 4.78 is 5.82. The van der Waals surface area contributed by atoms with Gasteiger partial charge in [-0.25, -0.2) is 0 Å². The smallest absolute Gasteiger partial charge is 0.0705 e. The summed E-state index contributed by atoms with van der Waals surface area (Å²) in [5.74, 6) is 0. The fourth-order valence-electron chi connectivity index (χ4n) is 2.85.